The lowest BCUT2D eigenvalue weighted by molar-refractivity contribution is -0.133. The van der Waals surface area contributed by atoms with Crippen LogP contribution in [-0.4, -0.2) is 79.5 Å². The Morgan fingerprint density at radius 1 is 0.889 bits per heavy atom. The minimum absolute atomic E-state index is 0.0527. The molecule has 0 fully saturated rings. The summed E-state index contributed by atoms with van der Waals surface area (Å²) in [7, 11) is 1.57. The molecule has 0 rings (SSSR count). The van der Waals surface area contributed by atoms with Crippen molar-refractivity contribution in [3.8, 4) is 0 Å². The van der Waals surface area contributed by atoms with E-state index in [2.05, 4.69) is 16.0 Å². The van der Waals surface area contributed by atoms with E-state index in [0.29, 0.717) is 25.8 Å². The summed E-state index contributed by atoms with van der Waals surface area (Å²) >= 11 is 0. The summed E-state index contributed by atoms with van der Waals surface area (Å²) in [6, 6.07) is -1.69. The molecular weight excluding hydrogens is 470 g/mol. The summed E-state index contributed by atoms with van der Waals surface area (Å²) in [6.07, 6.45) is 1.36. The van der Waals surface area contributed by atoms with Gasteiger partial charge in [0.05, 0.1) is 6.10 Å². The zero-order valence-electron chi connectivity index (χ0n) is 22.2. The number of ether oxygens (including phenoxy) is 1. The molecule has 5 amide bonds. The molecule has 0 aromatic rings. The van der Waals surface area contributed by atoms with Crippen LogP contribution in [0.5, 0.6) is 0 Å². The predicted molar refractivity (Wildman–Crippen MR) is 135 cm³/mol. The molecule has 0 radical (unpaired) electrons. The van der Waals surface area contributed by atoms with Crippen molar-refractivity contribution in [2.24, 2.45) is 17.5 Å². The number of unbranched alkanes of at least 4 members (excludes halogenated alkanes) is 1. The van der Waals surface area contributed by atoms with Gasteiger partial charge in [0.2, 0.25) is 23.6 Å². The molecule has 2 unspecified atom stereocenters. The summed E-state index contributed by atoms with van der Waals surface area (Å²) in [4.78, 5) is 62.6. The van der Waals surface area contributed by atoms with Gasteiger partial charge in [-0.25, -0.2) is 10.6 Å². The SMILES string of the molecule is CC(C)OC(=O)N(C)CCNC(=O)C(CCCCN)NC(=O)C(NC(=O)CCCC(=O)NN)C(C)C. The lowest BCUT2D eigenvalue weighted by atomic mass is 10.0. The van der Waals surface area contributed by atoms with Crippen LogP contribution in [0.3, 0.4) is 0 Å². The Labute approximate surface area is 213 Å². The van der Waals surface area contributed by atoms with Gasteiger partial charge in [-0.05, 0) is 52.0 Å². The van der Waals surface area contributed by atoms with Crippen molar-refractivity contribution in [1.82, 2.24) is 26.3 Å². The molecule has 0 aromatic carbocycles. The molecule has 208 valence electrons. The van der Waals surface area contributed by atoms with E-state index in [9.17, 15) is 24.0 Å². The number of rotatable bonds is 17. The molecule has 0 saturated heterocycles. The topological polar surface area (TPSA) is 198 Å². The maximum absolute atomic E-state index is 13.0. The highest BCUT2D eigenvalue weighted by Crippen LogP contribution is 2.07. The minimum Gasteiger partial charge on any atom is -0.447 e. The first-order chi connectivity index (χ1) is 16.9. The largest absolute Gasteiger partial charge is 0.447 e. The number of carbonyl (C=O) groups excluding carboxylic acids is 5. The monoisotopic (exact) mass is 515 g/mol. The average molecular weight is 516 g/mol. The van der Waals surface area contributed by atoms with E-state index in [1.54, 1.807) is 34.7 Å². The van der Waals surface area contributed by atoms with Gasteiger partial charge in [-0.15, -0.1) is 0 Å². The van der Waals surface area contributed by atoms with Crippen LogP contribution in [0.2, 0.25) is 0 Å². The fourth-order valence-electron chi connectivity index (χ4n) is 3.14. The van der Waals surface area contributed by atoms with Gasteiger partial charge >= 0.3 is 6.09 Å². The highest BCUT2D eigenvalue weighted by molar-refractivity contribution is 5.92. The van der Waals surface area contributed by atoms with Crippen LogP contribution in [0.1, 0.15) is 66.2 Å². The molecular formula is C23H45N7O6. The van der Waals surface area contributed by atoms with Crippen molar-refractivity contribution in [2.75, 3.05) is 26.7 Å². The highest BCUT2D eigenvalue weighted by atomic mass is 16.6. The number of nitrogens with two attached hydrogens (primary N) is 2. The molecule has 0 bridgehead atoms. The minimum atomic E-state index is -0.859. The Morgan fingerprint density at radius 2 is 1.53 bits per heavy atom. The van der Waals surface area contributed by atoms with Crippen LogP contribution >= 0.6 is 0 Å². The van der Waals surface area contributed by atoms with E-state index >= 15 is 0 Å². The third kappa shape index (κ3) is 14.5. The molecule has 2 atom stereocenters. The van der Waals surface area contributed by atoms with Crippen LogP contribution in [-0.2, 0) is 23.9 Å². The standard InChI is InChI=1S/C23H45N7O6/c1-15(2)20(28-18(31)10-8-11-19(32)29-25)22(34)27-17(9-6-7-12-24)21(33)26-13-14-30(5)23(35)36-16(3)4/h15-17,20H,6-14,24-25H2,1-5H3,(H,26,33)(H,27,34)(H,28,31)(H,29,32). The summed E-state index contributed by atoms with van der Waals surface area (Å²) < 4.78 is 5.10. The Morgan fingerprint density at radius 3 is 2.08 bits per heavy atom. The third-order valence-electron chi connectivity index (χ3n) is 5.21. The molecule has 0 aliphatic carbocycles. The first kappa shape index (κ1) is 33.1. The number of nitrogens with zero attached hydrogens (tertiary/aromatic N) is 1. The van der Waals surface area contributed by atoms with Crippen molar-refractivity contribution in [3.63, 3.8) is 0 Å². The first-order valence-corrected chi connectivity index (χ1v) is 12.4. The fraction of sp³-hybridized carbons (Fsp3) is 0.783. The number of hydrogen-bond acceptors (Lipinski definition) is 8. The molecule has 0 saturated carbocycles. The zero-order valence-corrected chi connectivity index (χ0v) is 22.2. The van der Waals surface area contributed by atoms with Gasteiger partial charge < -0.3 is 31.3 Å². The van der Waals surface area contributed by atoms with E-state index in [4.69, 9.17) is 16.3 Å². The van der Waals surface area contributed by atoms with Gasteiger partial charge in [0, 0.05) is 33.0 Å². The van der Waals surface area contributed by atoms with Crippen LogP contribution in [0.25, 0.3) is 0 Å². The van der Waals surface area contributed by atoms with E-state index in [1.807, 2.05) is 5.43 Å². The molecule has 0 aromatic heterocycles. The third-order valence-corrected chi connectivity index (χ3v) is 5.21. The van der Waals surface area contributed by atoms with Gasteiger partial charge in [0.25, 0.3) is 0 Å². The lowest BCUT2D eigenvalue weighted by Gasteiger charge is -2.26. The Balaban J connectivity index is 5.01. The number of carbonyl (C=O) groups is 5. The number of likely N-dealkylation sites (N-methyl/N-ethyl adjacent to an activating group) is 1. The molecule has 0 heterocycles. The lowest BCUT2D eigenvalue weighted by Crippen LogP contribution is -2.55. The van der Waals surface area contributed by atoms with Crippen LogP contribution < -0.4 is 33.0 Å². The highest BCUT2D eigenvalue weighted by Gasteiger charge is 2.28. The maximum atomic E-state index is 13.0. The van der Waals surface area contributed by atoms with Crippen LogP contribution in [0.4, 0.5) is 4.79 Å². The van der Waals surface area contributed by atoms with E-state index in [1.165, 1.54) is 4.90 Å². The zero-order chi connectivity index (χ0) is 27.7. The normalized spacial score (nSPS) is 12.5. The molecule has 8 N–H and O–H groups in total. The van der Waals surface area contributed by atoms with Crippen molar-refractivity contribution < 1.29 is 28.7 Å². The average Bonchev–Trinajstić information content (AvgIpc) is 2.80. The van der Waals surface area contributed by atoms with Crippen molar-refractivity contribution in [1.29, 1.82) is 0 Å². The number of nitrogens with one attached hydrogen (secondary N) is 4. The van der Waals surface area contributed by atoms with E-state index in [-0.39, 0.29) is 56.2 Å². The van der Waals surface area contributed by atoms with Crippen molar-refractivity contribution in [2.45, 2.75) is 84.4 Å². The second kappa shape index (κ2) is 18.4. The Kier molecular flexibility index (Phi) is 16.9. The summed E-state index contributed by atoms with van der Waals surface area (Å²) in [5.74, 6) is 3.14. The number of hydrazine groups is 1. The van der Waals surface area contributed by atoms with E-state index < -0.39 is 30.0 Å². The summed E-state index contributed by atoms with van der Waals surface area (Å²) in [6.45, 7) is 7.91. The number of hydrogen-bond donors (Lipinski definition) is 6. The molecule has 0 spiro atoms. The van der Waals surface area contributed by atoms with E-state index in [0.717, 1.165) is 0 Å². The fourth-order valence-corrected chi connectivity index (χ4v) is 3.14. The van der Waals surface area contributed by atoms with Crippen LogP contribution in [0.15, 0.2) is 0 Å². The number of amides is 5. The van der Waals surface area contributed by atoms with Gasteiger partial charge in [-0.1, -0.05) is 13.8 Å². The molecule has 13 nitrogen and oxygen atoms in total. The maximum Gasteiger partial charge on any atom is 0.409 e. The molecule has 0 aliphatic heterocycles. The van der Waals surface area contributed by atoms with Crippen LogP contribution in [0, 0.1) is 5.92 Å². The van der Waals surface area contributed by atoms with Crippen molar-refractivity contribution >= 4 is 29.7 Å². The quantitative estimate of drug-likeness (QED) is 0.0644. The van der Waals surface area contributed by atoms with Gasteiger partial charge in [0.1, 0.15) is 12.1 Å². The molecule has 13 heteroatoms. The predicted octanol–water partition coefficient (Wildman–Crippen LogP) is -0.506. The Hall–Kier alpha value is -2.93. The van der Waals surface area contributed by atoms with Gasteiger partial charge in [-0.2, -0.15) is 0 Å². The smallest absolute Gasteiger partial charge is 0.409 e. The first-order valence-electron chi connectivity index (χ1n) is 12.4. The van der Waals surface area contributed by atoms with Crippen molar-refractivity contribution in [3.05, 3.63) is 0 Å². The second-order valence-corrected chi connectivity index (χ2v) is 9.20. The Bertz CT molecular complexity index is 717. The second-order valence-electron chi connectivity index (χ2n) is 9.20. The summed E-state index contributed by atoms with van der Waals surface area (Å²) in [5.41, 5.74) is 7.56. The van der Waals surface area contributed by atoms with Gasteiger partial charge in [-0.3, -0.25) is 24.6 Å². The molecule has 0 aliphatic rings. The van der Waals surface area contributed by atoms with Gasteiger partial charge in [0.15, 0.2) is 0 Å². The molecule has 36 heavy (non-hydrogen) atoms. The summed E-state index contributed by atoms with van der Waals surface area (Å²) in [5, 5.41) is 8.16.